The Morgan fingerprint density at radius 2 is 1.50 bits per heavy atom. The molecule has 0 amide bonds. The Labute approximate surface area is 112 Å². The second-order valence-corrected chi connectivity index (χ2v) is 6.63. The molecule has 0 aliphatic heterocycles. The third kappa shape index (κ3) is 3.58. The van der Waals surface area contributed by atoms with Crippen molar-refractivity contribution < 1.29 is 0 Å². The zero-order valence-corrected chi connectivity index (χ0v) is 12.0. The smallest absolute Gasteiger partial charge is 0.0197 e. The van der Waals surface area contributed by atoms with Crippen LogP contribution in [0.3, 0.4) is 0 Å². The largest absolute Gasteiger partial charge is 0.0609 e. The van der Waals surface area contributed by atoms with Gasteiger partial charge in [0.05, 0.1) is 0 Å². The van der Waals surface area contributed by atoms with Crippen LogP contribution >= 0.6 is 37.5 Å². The molecule has 0 radical (unpaired) electrons. The van der Waals surface area contributed by atoms with Crippen LogP contribution < -0.4 is 0 Å². The Bertz CT molecular complexity index is 437. The zero-order chi connectivity index (χ0) is 11.4. The van der Waals surface area contributed by atoms with E-state index in [1.165, 1.54) is 15.4 Å². The summed E-state index contributed by atoms with van der Waals surface area (Å²) in [6.45, 7) is 2.12. The van der Waals surface area contributed by atoms with Gasteiger partial charge in [-0.25, -0.2) is 0 Å². The van der Waals surface area contributed by atoms with E-state index in [4.69, 9.17) is 0 Å². The summed E-state index contributed by atoms with van der Waals surface area (Å²) in [6.07, 6.45) is 0. The lowest BCUT2D eigenvalue weighted by molar-refractivity contribution is 1.37. The number of aryl methyl sites for hydroxylation is 1. The van der Waals surface area contributed by atoms with Crippen LogP contribution in [0.15, 0.2) is 62.8 Å². The average Bonchev–Trinajstić information content (AvgIpc) is 2.27. The van der Waals surface area contributed by atoms with Crippen LogP contribution in [-0.2, 0) is 0 Å². The second-order valence-electron chi connectivity index (χ2n) is 3.44. The van der Waals surface area contributed by atoms with Gasteiger partial charge in [-0.2, -0.15) is 0 Å². The molecule has 0 aliphatic rings. The van der Waals surface area contributed by atoms with Crippen molar-refractivity contribution in [1.82, 2.24) is 0 Å². The van der Waals surface area contributed by atoms with E-state index in [-0.39, 0.29) is 0 Å². The van der Waals surface area contributed by atoms with E-state index in [2.05, 4.69) is 65.3 Å². The van der Waals surface area contributed by atoms with E-state index in [1.54, 1.807) is 21.6 Å². The number of halogens is 1. The molecule has 2 aromatic carbocycles. The van der Waals surface area contributed by atoms with Crippen molar-refractivity contribution in [3.05, 3.63) is 58.6 Å². The molecule has 2 aromatic rings. The number of rotatable bonds is 3. The highest BCUT2D eigenvalue weighted by molar-refractivity contribution is 9.10. The first-order valence-electron chi connectivity index (χ1n) is 4.91. The Hall–Kier alpha value is -0.380. The minimum atomic E-state index is 1.13. The van der Waals surface area contributed by atoms with Gasteiger partial charge in [-0.3, -0.25) is 0 Å². The van der Waals surface area contributed by atoms with Gasteiger partial charge in [-0.05, 0) is 42.8 Å². The molecule has 0 nitrogen and oxygen atoms in total. The fraction of sp³-hybridized carbons (Fsp3) is 0.0769. The van der Waals surface area contributed by atoms with Crippen LogP contribution in [0, 0.1) is 6.92 Å². The monoisotopic (exact) mass is 310 g/mol. The van der Waals surface area contributed by atoms with Gasteiger partial charge in [0, 0.05) is 14.3 Å². The first kappa shape index (κ1) is 12.1. The zero-order valence-electron chi connectivity index (χ0n) is 8.81. The van der Waals surface area contributed by atoms with Crippen LogP contribution in [0.1, 0.15) is 5.56 Å². The van der Waals surface area contributed by atoms with Crippen molar-refractivity contribution in [3.63, 3.8) is 0 Å². The minimum Gasteiger partial charge on any atom is -0.0609 e. The van der Waals surface area contributed by atoms with Gasteiger partial charge in [0.1, 0.15) is 0 Å². The summed E-state index contributed by atoms with van der Waals surface area (Å²) in [5.74, 6) is 0. The highest BCUT2D eigenvalue weighted by atomic mass is 79.9. The van der Waals surface area contributed by atoms with Gasteiger partial charge < -0.3 is 0 Å². The quantitative estimate of drug-likeness (QED) is 0.681. The SMILES string of the molecule is Cc1cccc(SSc2cccc(Br)c2)c1. The summed E-state index contributed by atoms with van der Waals surface area (Å²) in [7, 11) is 3.58. The summed E-state index contributed by atoms with van der Waals surface area (Å²) in [5, 5.41) is 0. The van der Waals surface area contributed by atoms with E-state index >= 15 is 0 Å². The van der Waals surface area contributed by atoms with Crippen molar-refractivity contribution in [2.45, 2.75) is 16.7 Å². The summed E-state index contributed by atoms with van der Waals surface area (Å²) in [5.41, 5.74) is 1.31. The Morgan fingerprint density at radius 1 is 0.875 bits per heavy atom. The fourth-order valence-electron chi connectivity index (χ4n) is 1.28. The van der Waals surface area contributed by atoms with Gasteiger partial charge in [-0.1, -0.05) is 55.7 Å². The molecule has 16 heavy (non-hydrogen) atoms. The number of benzene rings is 2. The molecule has 0 spiro atoms. The molecule has 0 aromatic heterocycles. The van der Waals surface area contributed by atoms with Gasteiger partial charge in [0.15, 0.2) is 0 Å². The van der Waals surface area contributed by atoms with E-state index in [1.807, 2.05) is 6.07 Å². The second kappa shape index (κ2) is 5.80. The molecule has 0 fully saturated rings. The number of hydrogen-bond donors (Lipinski definition) is 0. The fourth-order valence-corrected chi connectivity index (χ4v) is 3.90. The maximum absolute atomic E-state index is 3.48. The topological polar surface area (TPSA) is 0 Å². The van der Waals surface area contributed by atoms with Gasteiger partial charge >= 0.3 is 0 Å². The summed E-state index contributed by atoms with van der Waals surface area (Å²) < 4.78 is 1.13. The lowest BCUT2D eigenvalue weighted by Gasteiger charge is -2.02. The first-order chi connectivity index (χ1) is 7.74. The molecule has 82 valence electrons. The summed E-state index contributed by atoms with van der Waals surface area (Å²) >= 11 is 3.48. The van der Waals surface area contributed by atoms with Crippen molar-refractivity contribution in [2.75, 3.05) is 0 Å². The molecular weight excluding hydrogens is 300 g/mol. The standard InChI is InChI=1S/C13H11BrS2/c1-10-4-2-6-12(8-10)15-16-13-7-3-5-11(14)9-13/h2-9H,1H3. The highest BCUT2D eigenvalue weighted by Crippen LogP contribution is 2.38. The van der Waals surface area contributed by atoms with E-state index in [0.717, 1.165) is 4.47 Å². The lowest BCUT2D eigenvalue weighted by Crippen LogP contribution is -1.72. The molecule has 3 heteroatoms. The van der Waals surface area contributed by atoms with Crippen molar-refractivity contribution in [3.8, 4) is 0 Å². The third-order valence-corrected chi connectivity index (χ3v) is 4.89. The van der Waals surface area contributed by atoms with Crippen molar-refractivity contribution in [1.29, 1.82) is 0 Å². The third-order valence-electron chi connectivity index (χ3n) is 2.02. The molecule has 0 bridgehead atoms. The molecule has 0 saturated carbocycles. The molecule has 0 atom stereocenters. The van der Waals surface area contributed by atoms with Gasteiger partial charge in [0.2, 0.25) is 0 Å². The molecule has 2 rings (SSSR count). The maximum atomic E-state index is 3.48. The van der Waals surface area contributed by atoms with Crippen LogP contribution in [0.4, 0.5) is 0 Å². The summed E-state index contributed by atoms with van der Waals surface area (Å²) in [4.78, 5) is 2.56. The average molecular weight is 311 g/mol. The minimum absolute atomic E-state index is 1.13. The molecule has 0 aliphatic carbocycles. The predicted molar refractivity (Wildman–Crippen MR) is 77.0 cm³/mol. The van der Waals surface area contributed by atoms with Crippen molar-refractivity contribution in [2.24, 2.45) is 0 Å². The van der Waals surface area contributed by atoms with Crippen LogP contribution in [0.2, 0.25) is 0 Å². The highest BCUT2D eigenvalue weighted by Gasteiger charge is 1.98. The maximum Gasteiger partial charge on any atom is 0.0197 e. The number of hydrogen-bond acceptors (Lipinski definition) is 2. The van der Waals surface area contributed by atoms with Gasteiger partial charge in [0.25, 0.3) is 0 Å². The Balaban J connectivity index is 2.02. The summed E-state index contributed by atoms with van der Waals surface area (Å²) in [6, 6.07) is 16.9. The molecular formula is C13H11BrS2. The van der Waals surface area contributed by atoms with Crippen LogP contribution in [-0.4, -0.2) is 0 Å². The normalized spacial score (nSPS) is 10.4. The molecule has 0 heterocycles. The predicted octanol–water partition coefficient (Wildman–Crippen LogP) is 5.56. The lowest BCUT2D eigenvalue weighted by atomic mass is 10.2. The molecule has 0 saturated heterocycles. The first-order valence-corrected chi connectivity index (χ1v) is 7.85. The van der Waals surface area contributed by atoms with Crippen molar-refractivity contribution >= 4 is 37.5 Å². The Kier molecular flexibility index (Phi) is 4.38. The molecule has 0 N–H and O–H groups in total. The van der Waals surface area contributed by atoms with E-state index in [0.29, 0.717) is 0 Å². The van der Waals surface area contributed by atoms with E-state index in [9.17, 15) is 0 Å². The van der Waals surface area contributed by atoms with Gasteiger partial charge in [-0.15, -0.1) is 0 Å². The van der Waals surface area contributed by atoms with E-state index < -0.39 is 0 Å². The van der Waals surface area contributed by atoms with Crippen LogP contribution in [0.25, 0.3) is 0 Å². The molecule has 0 unspecified atom stereocenters. The Morgan fingerprint density at radius 3 is 2.12 bits per heavy atom. The van der Waals surface area contributed by atoms with Crippen LogP contribution in [0.5, 0.6) is 0 Å².